The van der Waals surface area contributed by atoms with Crippen LogP contribution >= 0.6 is 0 Å². The van der Waals surface area contributed by atoms with E-state index < -0.39 is 11.4 Å². The van der Waals surface area contributed by atoms with Gasteiger partial charge < -0.3 is 9.67 Å². The van der Waals surface area contributed by atoms with Crippen molar-refractivity contribution in [2.75, 3.05) is 0 Å². The summed E-state index contributed by atoms with van der Waals surface area (Å²) in [5, 5.41) is 9.35. The fraction of sp³-hybridized carbons (Fsp3) is 0.545. The Labute approximate surface area is 83.4 Å². The number of hydrogen-bond acceptors (Lipinski definition) is 1. The van der Waals surface area contributed by atoms with Gasteiger partial charge in [0.25, 0.3) is 0 Å². The highest BCUT2D eigenvalue weighted by molar-refractivity contribution is 5.81. The third-order valence-corrected chi connectivity index (χ3v) is 3.30. The molecular formula is C11H15NO2. The van der Waals surface area contributed by atoms with Crippen LogP contribution in [-0.2, 0) is 17.3 Å². The predicted octanol–water partition coefficient (Wildman–Crippen LogP) is 1.92. The van der Waals surface area contributed by atoms with Gasteiger partial charge in [0.1, 0.15) is 5.41 Å². The molecule has 1 fully saturated rings. The molecule has 0 unspecified atom stereocenters. The van der Waals surface area contributed by atoms with E-state index in [1.807, 2.05) is 29.9 Å². The lowest BCUT2D eigenvalue weighted by Crippen LogP contribution is -2.34. The summed E-state index contributed by atoms with van der Waals surface area (Å²) in [6.07, 6.45) is 5.52. The van der Waals surface area contributed by atoms with E-state index in [1.165, 1.54) is 0 Å². The number of aryl methyl sites for hydroxylation is 1. The molecule has 0 aromatic carbocycles. The molecule has 0 atom stereocenters. The third-order valence-electron chi connectivity index (χ3n) is 3.30. The lowest BCUT2D eigenvalue weighted by atomic mass is 9.83. The second kappa shape index (κ2) is 3.15. The van der Waals surface area contributed by atoms with Gasteiger partial charge in [0.05, 0.1) is 0 Å². The Kier molecular flexibility index (Phi) is 2.10. The summed E-state index contributed by atoms with van der Waals surface area (Å²) >= 11 is 0. The minimum absolute atomic E-state index is 0.613. The van der Waals surface area contributed by atoms with E-state index in [9.17, 15) is 9.90 Å². The van der Waals surface area contributed by atoms with Gasteiger partial charge in [0.2, 0.25) is 0 Å². The largest absolute Gasteiger partial charge is 0.481 e. The van der Waals surface area contributed by atoms with Crippen molar-refractivity contribution < 1.29 is 9.90 Å². The van der Waals surface area contributed by atoms with E-state index in [4.69, 9.17) is 0 Å². The minimum atomic E-state index is -0.670. The van der Waals surface area contributed by atoms with E-state index in [-0.39, 0.29) is 0 Å². The highest BCUT2D eigenvalue weighted by atomic mass is 16.4. The van der Waals surface area contributed by atoms with E-state index in [1.54, 1.807) is 0 Å². The second-order valence-electron chi connectivity index (χ2n) is 4.10. The van der Waals surface area contributed by atoms with Crippen molar-refractivity contribution in [3.8, 4) is 0 Å². The maximum Gasteiger partial charge on any atom is 0.315 e. The zero-order valence-corrected chi connectivity index (χ0v) is 8.36. The van der Waals surface area contributed by atoms with E-state index in [2.05, 4.69) is 0 Å². The van der Waals surface area contributed by atoms with Crippen LogP contribution in [0.2, 0.25) is 0 Å². The fourth-order valence-corrected chi connectivity index (χ4v) is 2.52. The summed E-state index contributed by atoms with van der Waals surface area (Å²) in [4.78, 5) is 11.4. The normalized spacial score (nSPS) is 19.8. The van der Waals surface area contributed by atoms with Crippen LogP contribution in [0.3, 0.4) is 0 Å². The topological polar surface area (TPSA) is 42.2 Å². The lowest BCUT2D eigenvalue weighted by molar-refractivity contribution is -0.143. The average Bonchev–Trinajstić information content (AvgIpc) is 2.72. The Morgan fingerprint density at radius 1 is 1.50 bits per heavy atom. The number of carboxylic acid groups (broad SMARTS) is 1. The number of rotatable bonds is 2. The molecule has 0 aliphatic heterocycles. The molecule has 0 amide bonds. The first-order chi connectivity index (χ1) is 6.67. The van der Waals surface area contributed by atoms with Crippen molar-refractivity contribution in [1.29, 1.82) is 0 Å². The van der Waals surface area contributed by atoms with Crippen LogP contribution in [0.5, 0.6) is 0 Å². The SMILES string of the molecule is Cn1cccc1C1(C(=O)O)CCCC1. The van der Waals surface area contributed by atoms with Crippen molar-refractivity contribution in [1.82, 2.24) is 4.57 Å². The standard InChI is InChI=1S/C11H15NO2/c1-12-8-4-5-9(12)11(10(13)14)6-2-3-7-11/h4-5,8H,2-3,6-7H2,1H3,(H,13,14). The summed E-state index contributed by atoms with van der Waals surface area (Å²) in [6.45, 7) is 0. The lowest BCUT2D eigenvalue weighted by Gasteiger charge is -2.24. The van der Waals surface area contributed by atoms with E-state index in [0.717, 1.165) is 31.4 Å². The van der Waals surface area contributed by atoms with Crippen molar-refractivity contribution >= 4 is 5.97 Å². The zero-order valence-electron chi connectivity index (χ0n) is 8.36. The molecule has 1 N–H and O–H groups in total. The smallest absolute Gasteiger partial charge is 0.315 e. The fourth-order valence-electron chi connectivity index (χ4n) is 2.52. The molecule has 1 aliphatic carbocycles. The van der Waals surface area contributed by atoms with Crippen LogP contribution < -0.4 is 0 Å². The van der Waals surface area contributed by atoms with E-state index >= 15 is 0 Å². The number of aliphatic carboxylic acids is 1. The molecule has 0 bridgehead atoms. The van der Waals surface area contributed by atoms with Gasteiger partial charge >= 0.3 is 5.97 Å². The Balaban J connectivity index is 2.46. The monoisotopic (exact) mass is 193 g/mol. The quantitative estimate of drug-likeness (QED) is 0.779. The van der Waals surface area contributed by atoms with E-state index in [0.29, 0.717) is 0 Å². The molecule has 0 spiro atoms. The first-order valence-corrected chi connectivity index (χ1v) is 5.02. The molecule has 2 rings (SSSR count). The van der Waals surface area contributed by atoms with Gasteiger partial charge in [-0.15, -0.1) is 0 Å². The molecule has 1 heterocycles. The highest BCUT2D eigenvalue weighted by Crippen LogP contribution is 2.41. The number of hydrogen-bond donors (Lipinski definition) is 1. The van der Waals surface area contributed by atoms with Gasteiger partial charge in [-0.05, 0) is 25.0 Å². The van der Waals surface area contributed by atoms with Crippen molar-refractivity contribution in [3.63, 3.8) is 0 Å². The number of aromatic nitrogens is 1. The minimum Gasteiger partial charge on any atom is -0.481 e. The summed E-state index contributed by atoms with van der Waals surface area (Å²) in [7, 11) is 1.92. The van der Waals surface area contributed by atoms with Crippen LogP contribution in [0, 0.1) is 0 Å². The van der Waals surface area contributed by atoms with Gasteiger partial charge in [-0.3, -0.25) is 4.79 Å². The van der Waals surface area contributed by atoms with Gasteiger partial charge in [0, 0.05) is 18.9 Å². The molecule has 1 aromatic heterocycles. The Morgan fingerprint density at radius 3 is 2.57 bits per heavy atom. The molecule has 1 saturated carbocycles. The highest BCUT2D eigenvalue weighted by Gasteiger charge is 2.44. The van der Waals surface area contributed by atoms with Crippen LogP contribution in [0.15, 0.2) is 18.3 Å². The molecule has 0 radical (unpaired) electrons. The zero-order chi connectivity index (χ0) is 10.2. The summed E-state index contributed by atoms with van der Waals surface area (Å²) in [5.74, 6) is -0.670. The molecule has 3 heteroatoms. The first-order valence-electron chi connectivity index (χ1n) is 5.02. The number of nitrogens with zero attached hydrogens (tertiary/aromatic N) is 1. The molecule has 0 saturated heterocycles. The Hall–Kier alpha value is -1.25. The molecule has 3 nitrogen and oxygen atoms in total. The average molecular weight is 193 g/mol. The van der Waals surface area contributed by atoms with Gasteiger partial charge in [-0.25, -0.2) is 0 Å². The summed E-state index contributed by atoms with van der Waals surface area (Å²) < 4.78 is 1.93. The van der Waals surface area contributed by atoms with Crippen LogP contribution in [0.4, 0.5) is 0 Å². The van der Waals surface area contributed by atoms with Crippen LogP contribution in [0.1, 0.15) is 31.4 Å². The van der Waals surface area contributed by atoms with Crippen molar-refractivity contribution in [2.45, 2.75) is 31.1 Å². The number of carboxylic acids is 1. The Morgan fingerprint density at radius 2 is 2.14 bits per heavy atom. The number of carbonyl (C=O) groups is 1. The summed E-state index contributed by atoms with van der Waals surface area (Å²) in [6, 6.07) is 3.85. The third kappa shape index (κ3) is 1.15. The van der Waals surface area contributed by atoms with Crippen LogP contribution in [0.25, 0.3) is 0 Å². The molecule has 1 aliphatic rings. The van der Waals surface area contributed by atoms with Crippen molar-refractivity contribution in [3.05, 3.63) is 24.0 Å². The van der Waals surface area contributed by atoms with Gasteiger partial charge in [0.15, 0.2) is 0 Å². The maximum absolute atomic E-state index is 11.4. The molecule has 14 heavy (non-hydrogen) atoms. The predicted molar refractivity (Wildman–Crippen MR) is 53.2 cm³/mol. The molecular weight excluding hydrogens is 178 g/mol. The molecule has 76 valence electrons. The summed E-state index contributed by atoms with van der Waals surface area (Å²) in [5.41, 5.74) is 0.334. The van der Waals surface area contributed by atoms with Gasteiger partial charge in [-0.1, -0.05) is 12.8 Å². The van der Waals surface area contributed by atoms with Crippen molar-refractivity contribution in [2.24, 2.45) is 7.05 Å². The Bertz CT molecular complexity index is 348. The second-order valence-corrected chi connectivity index (χ2v) is 4.10. The van der Waals surface area contributed by atoms with Gasteiger partial charge in [-0.2, -0.15) is 0 Å². The molecule has 1 aromatic rings. The first kappa shape index (κ1) is 9.31. The maximum atomic E-state index is 11.4. The van der Waals surface area contributed by atoms with Crippen LogP contribution in [-0.4, -0.2) is 15.6 Å².